The lowest BCUT2D eigenvalue weighted by Gasteiger charge is -2.00. The van der Waals surface area contributed by atoms with Crippen LogP contribution in [0.4, 0.5) is 5.69 Å². The average molecular weight is 251 g/mol. The van der Waals surface area contributed by atoms with E-state index in [9.17, 15) is 0 Å². The molecule has 0 saturated heterocycles. The number of aromatic nitrogens is 1. The maximum Gasteiger partial charge on any atom is 0.334 e. The van der Waals surface area contributed by atoms with Crippen LogP contribution in [0.1, 0.15) is 6.92 Å². The van der Waals surface area contributed by atoms with Gasteiger partial charge in [-0.1, -0.05) is 6.07 Å². The summed E-state index contributed by atoms with van der Waals surface area (Å²) in [7, 11) is 0. The van der Waals surface area contributed by atoms with E-state index in [4.69, 9.17) is 17.3 Å². The van der Waals surface area contributed by atoms with E-state index in [-0.39, 0.29) is 5.90 Å². The molecule has 5 heteroatoms. The lowest BCUT2D eigenvalue weighted by atomic mass is 10.3. The third kappa shape index (κ3) is 2.37. The number of hydrogen-bond acceptors (Lipinski definition) is 2. The molecule has 0 aliphatic heterocycles. The number of thiazole rings is 1. The summed E-state index contributed by atoms with van der Waals surface area (Å²) in [5.41, 5.74) is 1.82. The summed E-state index contributed by atoms with van der Waals surface area (Å²) in [6, 6.07) is 7.71. The molecular formula is C11H11N2OS2+. The first-order valence-corrected chi connectivity index (χ1v) is 6.02. The molecule has 3 nitrogen and oxygen atoms in total. The molecule has 0 atom stereocenters. The van der Waals surface area contributed by atoms with Crippen molar-refractivity contribution in [3.8, 4) is 5.69 Å². The van der Waals surface area contributed by atoms with Gasteiger partial charge in [-0.2, -0.15) is 4.99 Å². The van der Waals surface area contributed by atoms with Crippen molar-refractivity contribution in [1.29, 1.82) is 0 Å². The van der Waals surface area contributed by atoms with E-state index in [1.165, 1.54) is 11.3 Å². The molecule has 0 radical (unpaired) electrons. The number of nitrogens with one attached hydrogen (secondary N) is 1. The lowest BCUT2D eigenvalue weighted by molar-refractivity contribution is -0.366. The molecule has 82 valence electrons. The topological polar surface area (TPSA) is 39.1 Å². The van der Waals surface area contributed by atoms with Gasteiger partial charge in [-0.05, 0) is 18.3 Å². The summed E-state index contributed by atoms with van der Waals surface area (Å²) < 4.78 is 2.74. The Morgan fingerprint density at radius 3 is 2.94 bits per heavy atom. The minimum atomic E-state index is 0.172. The van der Waals surface area contributed by atoms with Crippen LogP contribution < -0.4 is 4.99 Å². The Bertz CT molecular complexity index is 579. The molecule has 0 spiro atoms. The third-order valence-corrected chi connectivity index (χ3v) is 3.17. The van der Waals surface area contributed by atoms with Crippen molar-refractivity contribution in [3.05, 3.63) is 39.8 Å². The molecule has 2 aromatic rings. The minimum Gasteiger partial charge on any atom is -0.463 e. The van der Waals surface area contributed by atoms with E-state index in [2.05, 4.69) is 4.99 Å². The summed E-state index contributed by atoms with van der Waals surface area (Å²) >= 11 is 6.73. The fourth-order valence-electron chi connectivity index (χ4n) is 1.40. The van der Waals surface area contributed by atoms with Crippen molar-refractivity contribution in [2.45, 2.75) is 6.92 Å². The predicted molar refractivity (Wildman–Crippen MR) is 68.4 cm³/mol. The van der Waals surface area contributed by atoms with Crippen LogP contribution in [0.3, 0.4) is 0 Å². The Morgan fingerprint density at radius 1 is 1.50 bits per heavy atom. The van der Waals surface area contributed by atoms with Crippen LogP contribution in [0, 0.1) is 3.95 Å². The number of aliphatic hydroxyl groups excluding tert-OH is 1. The van der Waals surface area contributed by atoms with Gasteiger partial charge in [0.25, 0.3) is 0 Å². The summed E-state index contributed by atoms with van der Waals surface area (Å²) in [6.45, 7) is 1.60. The summed E-state index contributed by atoms with van der Waals surface area (Å²) in [4.78, 5) is 2.85. The van der Waals surface area contributed by atoms with E-state index < -0.39 is 0 Å². The molecule has 1 aromatic carbocycles. The number of hydrogen-bond donors (Lipinski definition) is 2. The minimum absolute atomic E-state index is 0.172. The first kappa shape index (κ1) is 11.0. The van der Waals surface area contributed by atoms with Gasteiger partial charge in [0.05, 0.1) is 12.6 Å². The van der Waals surface area contributed by atoms with Crippen molar-refractivity contribution in [2.75, 3.05) is 0 Å². The van der Waals surface area contributed by atoms with E-state index in [0.717, 1.165) is 15.3 Å². The van der Waals surface area contributed by atoms with Gasteiger partial charge in [-0.3, -0.25) is 4.57 Å². The zero-order valence-electron chi connectivity index (χ0n) is 8.68. The number of benzene rings is 1. The number of rotatable bonds is 2. The molecule has 0 saturated carbocycles. The predicted octanol–water partition coefficient (Wildman–Crippen LogP) is 1.96. The molecule has 1 aromatic heterocycles. The van der Waals surface area contributed by atoms with Crippen LogP contribution in [0.15, 0.2) is 35.8 Å². The van der Waals surface area contributed by atoms with Gasteiger partial charge in [-0.25, -0.2) is 0 Å². The maximum atomic E-state index is 9.16. The largest absolute Gasteiger partial charge is 0.463 e. The van der Waals surface area contributed by atoms with Crippen molar-refractivity contribution in [3.63, 3.8) is 0 Å². The molecule has 0 aliphatic rings. The standard InChI is InChI=1S/C11H10N2OS2/c1-8(14)12-9-3-2-4-10(7-9)13-5-6-16-11(13)15/h2-7H,1H3,(H,12,14)/p+1. The van der Waals surface area contributed by atoms with Crippen LogP contribution in [0.25, 0.3) is 5.69 Å². The Morgan fingerprint density at radius 2 is 2.31 bits per heavy atom. The highest BCUT2D eigenvalue weighted by Crippen LogP contribution is 2.14. The second-order valence-electron chi connectivity index (χ2n) is 3.30. The molecule has 0 unspecified atom stereocenters. The fourth-order valence-corrected chi connectivity index (χ4v) is 2.31. The highest BCUT2D eigenvalue weighted by molar-refractivity contribution is 7.73. The van der Waals surface area contributed by atoms with Crippen LogP contribution in [0.5, 0.6) is 0 Å². The van der Waals surface area contributed by atoms with Gasteiger partial charge in [-0.15, -0.1) is 11.3 Å². The second kappa shape index (κ2) is 4.59. The van der Waals surface area contributed by atoms with Crippen LogP contribution in [-0.2, 0) is 0 Å². The Balaban J connectivity index is 2.48. The third-order valence-electron chi connectivity index (χ3n) is 2.03. The number of nitrogens with zero attached hydrogens (tertiary/aromatic N) is 1. The van der Waals surface area contributed by atoms with Gasteiger partial charge in [0.15, 0.2) is 3.95 Å². The molecule has 16 heavy (non-hydrogen) atoms. The highest BCUT2D eigenvalue weighted by Gasteiger charge is 2.02. The van der Waals surface area contributed by atoms with E-state index in [1.807, 2.05) is 40.4 Å². The maximum absolute atomic E-state index is 9.16. The van der Waals surface area contributed by atoms with E-state index in [1.54, 1.807) is 6.92 Å². The van der Waals surface area contributed by atoms with Crippen molar-refractivity contribution >= 4 is 35.1 Å². The van der Waals surface area contributed by atoms with Crippen molar-refractivity contribution in [2.24, 2.45) is 0 Å². The first-order valence-electron chi connectivity index (χ1n) is 4.73. The molecule has 1 heterocycles. The molecule has 2 rings (SSSR count). The van der Waals surface area contributed by atoms with Gasteiger partial charge in [0.2, 0.25) is 5.69 Å². The zero-order chi connectivity index (χ0) is 11.5. The summed E-state index contributed by atoms with van der Waals surface area (Å²) in [6.07, 6.45) is 1.93. The number of aliphatic hydroxyl groups is 1. The van der Waals surface area contributed by atoms with Crippen molar-refractivity contribution in [1.82, 2.24) is 4.57 Å². The molecule has 0 fully saturated rings. The molecule has 0 bridgehead atoms. The second-order valence-corrected chi connectivity index (χ2v) is 4.84. The molecule has 0 aliphatic carbocycles. The zero-order valence-corrected chi connectivity index (χ0v) is 10.3. The van der Waals surface area contributed by atoms with Gasteiger partial charge in [0.1, 0.15) is 0 Å². The summed E-state index contributed by atoms with van der Waals surface area (Å²) in [5, 5.41) is 11.1. The first-order chi connectivity index (χ1) is 7.66. The van der Waals surface area contributed by atoms with Crippen LogP contribution in [0.2, 0.25) is 0 Å². The summed E-state index contributed by atoms with van der Waals surface area (Å²) in [5.74, 6) is 0.172. The monoisotopic (exact) mass is 251 g/mol. The van der Waals surface area contributed by atoms with Crippen LogP contribution in [-0.4, -0.2) is 15.6 Å². The Hall–Kier alpha value is -1.46. The Kier molecular flexibility index (Phi) is 3.17. The SMILES string of the molecule is CC(O)=[NH+]c1cccc(-n2ccsc2=S)c1. The van der Waals surface area contributed by atoms with Crippen LogP contribution >= 0.6 is 23.6 Å². The average Bonchev–Trinajstić information content (AvgIpc) is 2.64. The fraction of sp³-hybridized carbons (Fsp3) is 0.0909. The smallest absolute Gasteiger partial charge is 0.334 e. The Labute approximate surface area is 102 Å². The van der Waals surface area contributed by atoms with Crippen molar-refractivity contribution < 1.29 is 10.1 Å². The van der Waals surface area contributed by atoms with Gasteiger partial charge < -0.3 is 5.11 Å². The lowest BCUT2D eigenvalue weighted by Crippen LogP contribution is -2.65. The quantitative estimate of drug-likeness (QED) is 0.486. The molecule has 0 amide bonds. The molecular weight excluding hydrogens is 240 g/mol. The van der Waals surface area contributed by atoms with Gasteiger partial charge >= 0.3 is 5.90 Å². The highest BCUT2D eigenvalue weighted by atomic mass is 32.1. The van der Waals surface area contributed by atoms with Gasteiger partial charge in [0, 0.05) is 23.7 Å². The van der Waals surface area contributed by atoms with E-state index in [0.29, 0.717) is 0 Å². The van der Waals surface area contributed by atoms with E-state index >= 15 is 0 Å². The molecule has 2 N–H and O–H groups in total. The normalized spacial score (nSPS) is 11.7.